The molecule has 17 heavy (non-hydrogen) atoms. The molecule has 1 fully saturated rings. The fraction of sp³-hybridized carbons (Fsp3) is 0.500. The maximum absolute atomic E-state index is 12.1. The second-order valence-electron chi connectivity index (χ2n) is 3.74. The lowest BCUT2D eigenvalue weighted by molar-refractivity contribution is -0.0186. The largest absolute Gasteiger partial charge is 0.394 e. The Morgan fingerprint density at radius 2 is 2.47 bits per heavy atom. The van der Waals surface area contributed by atoms with Crippen molar-refractivity contribution in [3.63, 3.8) is 0 Å². The number of aliphatic hydroxyl groups excluding tert-OH is 1. The maximum atomic E-state index is 12.1. The van der Waals surface area contributed by atoms with E-state index in [9.17, 15) is 9.90 Å². The molecule has 0 bridgehead atoms. The van der Waals surface area contributed by atoms with E-state index in [0.717, 1.165) is 0 Å². The molecule has 92 valence electrons. The minimum atomic E-state index is -0.334. The Hall–Kier alpha value is -1.73. The van der Waals surface area contributed by atoms with Crippen LogP contribution in [0.3, 0.4) is 0 Å². The molecule has 0 saturated carbocycles. The third-order valence-corrected chi connectivity index (χ3v) is 2.57. The first kappa shape index (κ1) is 11.7. The van der Waals surface area contributed by atoms with Crippen molar-refractivity contribution in [3.05, 3.63) is 18.1 Å². The van der Waals surface area contributed by atoms with Gasteiger partial charge >= 0.3 is 0 Å². The van der Waals surface area contributed by atoms with Gasteiger partial charge in [-0.3, -0.25) is 9.78 Å². The third-order valence-electron chi connectivity index (χ3n) is 2.57. The van der Waals surface area contributed by atoms with Gasteiger partial charge in [0.05, 0.1) is 38.3 Å². The number of hydrogen-bond acceptors (Lipinski definition) is 6. The van der Waals surface area contributed by atoms with Gasteiger partial charge in [0.2, 0.25) is 0 Å². The fourth-order valence-electron chi connectivity index (χ4n) is 1.70. The summed E-state index contributed by atoms with van der Waals surface area (Å²) >= 11 is 0. The third kappa shape index (κ3) is 2.51. The molecular formula is C10H14N4O3. The van der Waals surface area contributed by atoms with E-state index in [4.69, 9.17) is 10.5 Å². The molecule has 0 aromatic carbocycles. The van der Waals surface area contributed by atoms with Crippen LogP contribution in [0.4, 0.5) is 5.82 Å². The molecule has 1 aromatic rings. The lowest BCUT2D eigenvalue weighted by Gasteiger charge is -2.34. The van der Waals surface area contributed by atoms with E-state index in [1.54, 1.807) is 0 Å². The van der Waals surface area contributed by atoms with Crippen LogP contribution in [0.5, 0.6) is 0 Å². The first-order chi connectivity index (χ1) is 8.22. The average molecular weight is 238 g/mol. The van der Waals surface area contributed by atoms with Crippen molar-refractivity contribution in [2.45, 2.75) is 6.04 Å². The van der Waals surface area contributed by atoms with Gasteiger partial charge in [0.25, 0.3) is 5.91 Å². The molecule has 1 aliphatic rings. The summed E-state index contributed by atoms with van der Waals surface area (Å²) < 4.78 is 5.20. The molecule has 1 aromatic heterocycles. The summed E-state index contributed by atoms with van der Waals surface area (Å²) in [6.07, 6.45) is 2.74. The van der Waals surface area contributed by atoms with Gasteiger partial charge in [-0.2, -0.15) is 0 Å². The van der Waals surface area contributed by atoms with Crippen molar-refractivity contribution in [2.75, 3.05) is 32.1 Å². The van der Waals surface area contributed by atoms with Crippen LogP contribution in [0.25, 0.3) is 0 Å². The van der Waals surface area contributed by atoms with Gasteiger partial charge in [0.1, 0.15) is 11.5 Å². The van der Waals surface area contributed by atoms with Crippen LogP contribution in [0.2, 0.25) is 0 Å². The number of ether oxygens (including phenoxy) is 1. The van der Waals surface area contributed by atoms with Crippen molar-refractivity contribution >= 4 is 11.7 Å². The van der Waals surface area contributed by atoms with Gasteiger partial charge in [-0.25, -0.2) is 4.98 Å². The monoisotopic (exact) mass is 238 g/mol. The summed E-state index contributed by atoms with van der Waals surface area (Å²) in [7, 11) is 0. The van der Waals surface area contributed by atoms with Gasteiger partial charge in [0.15, 0.2) is 0 Å². The zero-order valence-electron chi connectivity index (χ0n) is 9.24. The second-order valence-corrected chi connectivity index (χ2v) is 3.74. The van der Waals surface area contributed by atoms with Crippen LogP contribution in [-0.2, 0) is 4.74 Å². The number of aliphatic hydroxyl groups is 1. The van der Waals surface area contributed by atoms with E-state index < -0.39 is 0 Å². The van der Waals surface area contributed by atoms with E-state index in [1.165, 1.54) is 17.3 Å². The summed E-state index contributed by atoms with van der Waals surface area (Å²) in [6.45, 7) is 1.08. The van der Waals surface area contributed by atoms with Gasteiger partial charge in [-0.05, 0) is 0 Å². The van der Waals surface area contributed by atoms with Crippen LogP contribution < -0.4 is 5.73 Å². The zero-order valence-corrected chi connectivity index (χ0v) is 9.24. The van der Waals surface area contributed by atoms with Crippen molar-refractivity contribution in [1.82, 2.24) is 14.9 Å². The molecule has 7 nitrogen and oxygen atoms in total. The Bertz CT molecular complexity index is 412. The highest BCUT2D eigenvalue weighted by atomic mass is 16.5. The Morgan fingerprint density at radius 1 is 1.65 bits per heavy atom. The predicted molar refractivity (Wildman–Crippen MR) is 59.2 cm³/mol. The van der Waals surface area contributed by atoms with E-state index in [1.807, 2.05) is 0 Å². The van der Waals surface area contributed by atoms with Crippen molar-refractivity contribution in [2.24, 2.45) is 0 Å². The van der Waals surface area contributed by atoms with E-state index >= 15 is 0 Å². The average Bonchev–Trinajstić information content (AvgIpc) is 2.38. The van der Waals surface area contributed by atoms with Crippen LogP contribution in [0, 0.1) is 0 Å². The first-order valence-corrected chi connectivity index (χ1v) is 5.29. The quantitative estimate of drug-likeness (QED) is 0.677. The van der Waals surface area contributed by atoms with Crippen LogP contribution >= 0.6 is 0 Å². The summed E-state index contributed by atoms with van der Waals surface area (Å²) in [6, 6.07) is -0.334. The Kier molecular flexibility index (Phi) is 3.50. The Morgan fingerprint density at radius 3 is 3.18 bits per heavy atom. The molecule has 7 heteroatoms. The summed E-state index contributed by atoms with van der Waals surface area (Å²) in [5.74, 6) is -0.0863. The molecular weight excluding hydrogens is 224 g/mol. The number of aromatic nitrogens is 2. The highest BCUT2D eigenvalue weighted by Crippen LogP contribution is 2.11. The van der Waals surface area contributed by atoms with Crippen molar-refractivity contribution in [3.8, 4) is 0 Å². The topological polar surface area (TPSA) is 102 Å². The number of nitrogens with two attached hydrogens (primary N) is 1. The standard InChI is InChI=1S/C10H14N4O3/c11-9-4-12-3-8(13-9)10(16)14-1-2-17-6-7(14)5-15/h3-4,7,15H,1-2,5-6H2,(H2,11,13). The minimum absolute atomic E-state index is 0.137. The lowest BCUT2D eigenvalue weighted by atomic mass is 10.2. The van der Waals surface area contributed by atoms with Crippen molar-refractivity contribution < 1.29 is 14.6 Å². The number of nitrogens with zero attached hydrogens (tertiary/aromatic N) is 3. The van der Waals surface area contributed by atoms with Gasteiger partial charge in [0, 0.05) is 6.54 Å². The van der Waals surface area contributed by atoms with Crippen LogP contribution in [-0.4, -0.2) is 58.3 Å². The number of morpholine rings is 1. The van der Waals surface area contributed by atoms with E-state index in [0.29, 0.717) is 19.8 Å². The minimum Gasteiger partial charge on any atom is -0.394 e. The van der Waals surface area contributed by atoms with Crippen molar-refractivity contribution in [1.29, 1.82) is 0 Å². The van der Waals surface area contributed by atoms with Crippen LogP contribution in [0.1, 0.15) is 10.5 Å². The number of rotatable bonds is 2. The normalized spacial score (nSPS) is 20.3. The number of hydrogen-bond donors (Lipinski definition) is 2. The molecule has 2 heterocycles. The van der Waals surface area contributed by atoms with E-state index in [-0.39, 0.29) is 30.1 Å². The molecule has 0 aliphatic carbocycles. The molecule has 3 N–H and O–H groups in total. The predicted octanol–water partition coefficient (Wildman–Crippen LogP) is -1.11. The molecule has 1 saturated heterocycles. The van der Waals surface area contributed by atoms with Gasteiger partial charge < -0.3 is 20.5 Å². The Balaban J connectivity index is 2.18. The molecule has 1 amide bonds. The molecule has 1 unspecified atom stereocenters. The second kappa shape index (κ2) is 5.07. The number of carbonyl (C=O) groups excluding carboxylic acids is 1. The first-order valence-electron chi connectivity index (χ1n) is 5.29. The van der Waals surface area contributed by atoms with Gasteiger partial charge in [-0.15, -0.1) is 0 Å². The fourth-order valence-corrected chi connectivity index (χ4v) is 1.70. The Labute approximate surface area is 98.2 Å². The maximum Gasteiger partial charge on any atom is 0.274 e. The number of nitrogen functional groups attached to an aromatic ring is 1. The molecule has 1 aliphatic heterocycles. The summed E-state index contributed by atoms with van der Waals surface area (Å²) in [5.41, 5.74) is 5.66. The number of amides is 1. The highest BCUT2D eigenvalue weighted by Gasteiger charge is 2.28. The lowest BCUT2D eigenvalue weighted by Crippen LogP contribution is -2.50. The molecule has 1 atom stereocenters. The molecule has 0 radical (unpaired) electrons. The van der Waals surface area contributed by atoms with Gasteiger partial charge in [-0.1, -0.05) is 0 Å². The molecule has 2 rings (SSSR count). The number of carbonyl (C=O) groups is 1. The zero-order chi connectivity index (χ0) is 12.3. The summed E-state index contributed by atoms with van der Waals surface area (Å²) in [4.78, 5) is 21.4. The highest BCUT2D eigenvalue weighted by molar-refractivity contribution is 5.92. The number of anilines is 1. The van der Waals surface area contributed by atoms with E-state index in [2.05, 4.69) is 9.97 Å². The van der Waals surface area contributed by atoms with Crippen LogP contribution in [0.15, 0.2) is 12.4 Å². The smallest absolute Gasteiger partial charge is 0.274 e. The summed E-state index contributed by atoms with van der Waals surface area (Å²) in [5, 5.41) is 9.18. The molecule has 0 spiro atoms. The SMILES string of the molecule is Nc1cncc(C(=O)N2CCOCC2CO)n1.